The van der Waals surface area contributed by atoms with Crippen molar-refractivity contribution >= 4 is 23.8 Å². The largest absolute Gasteiger partial charge is 0.481 e. The molecule has 2 amide bonds. The van der Waals surface area contributed by atoms with Crippen molar-refractivity contribution in [3.05, 3.63) is 11.8 Å². The monoisotopic (exact) mass is 271 g/mol. The third-order valence-corrected chi connectivity index (χ3v) is 2.30. The Kier molecular flexibility index (Phi) is 5.19. The predicted octanol–water partition coefficient (Wildman–Crippen LogP) is -0.971. The average molecular weight is 271 g/mol. The number of carbonyl (C=O) groups is 4. The molecule has 0 spiro atoms. The van der Waals surface area contributed by atoms with Crippen LogP contribution in [0.25, 0.3) is 0 Å². The van der Waals surface area contributed by atoms with Crippen LogP contribution in [0.4, 0.5) is 0 Å². The van der Waals surface area contributed by atoms with E-state index in [1.165, 1.54) is 0 Å². The average Bonchev–Trinajstić information content (AvgIpc) is 2.68. The van der Waals surface area contributed by atoms with Crippen molar-refractivity contribution in [2.75, 3.05) is 13.2 Å². The number of aliphatic hydroxyl groups is 1. The summed E-state index contributed by atoms with van der Waals surface area (Å²) >= 11 is 0. The smallest absolute Gasteiger partial charge is 0.355 e. The Morgan fingerprint density at radius 2 is 1.84 bits per heavy atom. The van der Waals surface area contributed by atoms with Gasteiger partial charge in [0.15, 0.2) is 0 Å². The molecule has 1 saturated heterocycles. The molecule has 0 unspecified atom stereocenters. The fourth-order valence-corrected chi connectivity index (χ4v) is 1.51. The molecule has 104 valence electrons. The summed E-state index contributed by atoms with van der Waals surface area (Å²) in [5.41, 5.74) is -0.414. The van der Waals surface area contributed by atoms with Crippen LogP contribution < -0.4 is 0 Å². The molecular weight excluding hydrogens is 258 g/mol. The highest BCUT2D eigenvalue weighted by Crippen LogP contribution is 2.19. The SMILES string of the molecule is O=C(O)CC=C(C(=O)OCCO)N1C(=O)CCC1=O. The number of hydrogen-bond donors (Lipinski definition) is 2. The van der Waals surface area contributed by atoms with Crippen LogP contribution in [0.2, 0.25) is 0 Å². The molecule has 0 aromatic heterocycles. The first-order valence-corrected chi connectivity index (χ1v) is 5.53. The second-order valence-electron chi connectivity index (χ2n) is 3.67. The van der Waals surface area contributed by atoms with E-state index in [2.05, 4.69) is 4.74 Å². The number of likely N-dealkylation sites (tertiary alicyclic amines) is 1. The summed E-state index contributed by atoms with van der Waals surface area (Å²) in [7, 11) is 0. The van der Waals surface area contributed by atoms with Crippen molar-refractivity contribution in [1.82, 2.24) is 4.90 Å². The first-order valence-electron chi connectivity index (χ1n) is 5.53. The summed E-state index contributed by atoms with van der Waals surface area (Å²) in [5.74, 6) is -3.39. The molecule has 0 bridgehead atoms. The minimum Gasteiger partial charge on any atom is -0.481 e. The van der Waals surface area contributed by atoms with Crippen molar-refractivity contribution in [2.45, 2.75) is 19.3 Å². The molecule has 8 heteroatoms. The molecule has 0 aromatic rings. The highest BCUT2D eigenvalue weighted by Gasteiger charge is 2.35. The van der Waals surface area contributed by atoms with Gasteiger partial charge in [0.25, 0.3) is 0 Å². The Labute approximate surface area is 108 Å². The Hall–Kier alpha value is -2.22. The minimum absolute atomic E-state index is 0.0312. The molecule has 0 aromatic carbocycles. The number of amides is 2. The van der Waals surface area contributed by atoms with Gasteiger partial charge in [0.05, 0.1) is 13.0 Å². The van der Waals surface area contributed by atoms with Gasteiger partial charge < -0.3 is 14.9 Å². The first-order chi connectivity index (χ1) is 8.97. The number of rotatable bonds is 6. The molecule has 19 heavy (non-hydrogen) atoms. The molecule has 0 aliphatic carbocycles. The molecule has 0 radical (unpaired) electrons. The Bertz CT molecular complexity index is 424. The molecule has 0 atom stereocenters. The van der Waals surface area contributed by atoms with Crippen molar-refractivity contribution in [2.24, 2.45) is 0 Å². The van der Waals surface area contributed by atoms with Gasteiger partial charge in [-0.05, 0) is 6.08 Å². The first kappa shape index (κ1) is 14.8. The van der Waals surface area contributed by atoms with E-state index in [4.69, 9.17) is 10.2 Å². The summed E-state index contributed by atoms with van der Waals surface area (Å²) in [6, 6.07) is 0. The van der Waals surface area contributed by atoms with E-state index >= 15 is 0 Å². The highest BCUT2D eigenvalue weighted by atomic mass is 16.5. The van der Waals surface area contributed by atoms with E-state index in [0.717, 1.165) is 6.08 Å². The Balaban J connectivity index is 2.94. The molecule has 1 heterocycles. The van der Waals surface area contributed by atoms with Gasteiger partial charge in [-0.3, -0.25) is 14.4 Å². The normalized spacial score (nSPS) is 15.8. The second kappa shape index (κ2) is 6.64. The van der Waals surface area contributed by atoms with Gasteiger partial charge in [-0.2, -0.15) is 0 Å². The zero-order chi connectivity index (χ0) is 14.4. The van der Waals surface area contributed by atoms with Crippen LogP contribution in [0, 0.1) is 0 Å². The van der Waals surface area contributed by atoms with Crippen LogP contribution >= 0.6 is 0 Å². The van der Waals surface area contributed by atoms with Gasteiger partial charge in [0, 0.05) is 12.8 Å². The van der Waals surface area contributed by atoms with Crippen molar-refractivity contribution in [3.8, 4) is 0 Å². The van der Waals surface area contributed by atoms with E-state index in [-0.39, 0.29) is 19.4 Å². The number of carboxylic acids is 1. The summed E-state index contributed by atoms with van der Waals surface area (Å²) in [4.78, 5) is 45.8. The van der Waals surface area contributed by atoms with Crippen LogP contribution in [0.3, 0.4) is 0 Å². The summed E-state index contributed by atoms with van der Waals surface area (Å²) < 4.78 is 4.60. The van der Waals surface area contributed by atoms with Crippen LogP contribution in [0.1, 0.15) is 19.3 Å². The number of aliphatic hydroxyl groups excluding tert-OH is 1. The van der Waals surface area contributed by atoms with Gasteiger partial charge in [-0.25, -0.2) is 9.69 Å². The topological polar surface area (TPSA) is 121 Å². The van der Waals surface area contributed by atoms with E-state index in [0.29, 0.717) is 4.90 Å². The van der Waals surface area contributed by atoms with Gasteiger partial charge in [-0.1, -0.05) is 0 Å². The van der Waals surface area contributed by atoms with Crippen LogP contribution in [0.5, 0.6) is 0 Å². The summed E-state index contributed by atoms with van der Waals surface area (Å²) in [5, 5.41) is 17.1. The van der Waals surface area contributed by atoms with Gasteiger partial charge >= 0.3 is 11.9 Å². The fourth-order valence-electron chi connectivity index (χ4n) is 1.51. The number of imide groups is 1. The molecular formula is C11H13NO7. The minimum atomic E-state index is -1.22. The molecule has 1 aliphatic heterocycles. The third kappa shape index (κ3) is 3.88. The Morgan fingerprint density at radius 3 is 2.32 bits per heavy atom. The van der Waals surface area contributed by atoms with Crippen molar-refractivity contribution in [3.63, 3.8) is 0 Å². The lowest BCUT2D eigenvalue weighted by atomic mass is 10.3. The molecule has 8 nitrogen and oxygen atoms in total. The maximum Gasteiger partial charge on any atom is 0.355 e. The Morgan fingerprint density at radius 1 is 1.26 bits per heavy atom. The standard InChI is InChI=1S/C11H13NO7/c13-5-6-19-11(18)7(1-4-10(16)17)12-8(14)2-3-9(12)15/h1,13H,2-6H2,(H,16,17). The number of carbonyl (C=O) groups excluding carboxylic acids is 3. The quantitative estimate of drug-likeness (QED) is 0.362. The molecule has 1 rings (SSSR count). The van der Waals surface area contributed by atoms with E-state index in [1.54, 1.807) is 0 Å². The van der Waals surface area contributed by atoms with Gasteiger partial charge in [0.1, 0.15) is 12.3 Å². The van der Waals surface area contributed by atoms with Crippen LogP contribution in [-0.2, 0) is 23.9 Å². The van der Waals surface area contributed by atoms with Gasteiger partial charge in [-0.15, -0.1) is 0 Å². The lowest BCUT2D eigenvalue weighted by molar-refractivity contribution is -0.148. The maximum absolute atomic E-state index is 11.7. The second-order valence-corrected chi connectivity index (χ2v) is 3.67. The highest BCUT2D eigenvalue weighted by molar-refractivity contribution is 6.09. The van der Waals surface area contributed by atoms with Crippen molar-refractivity contribution in [1.29, 1.82) is 0 Å². The lowest BCUT2D eigenvalue weighted by Crippen LogP contribution is -2.33. The van der Waals surface area contributed by atoms with Crippen LogP contribution in [0.15, 0.2) is 11.8 Å². The predicted molar refractivity (Wildman–Crippen MR) is 59.5 cm³/mol. The molecule has 1 aliphatic rings. The zero-order valence-electron chi connectivity index (χ0n) is 10.00. The van der Waals surface area contributed by atoms with Crippen LogP contribution in [-0.4, -0.2) is 52.1 Å². The fraction of sp³-hybridized carbons (Fsp3) is 0.455. The van der Waals surface area contributed by atoms with E-state index in [1.807, 2.05) is 0 Å². The summed E-state index contributed by atoms with van der Waals surface area (Å²) in [6.07, 6.45) is 0.358. The van der Waals surface area contributed by atoms with Crippen molar-refractivity contribution < 1.29 is 34.1 Å². The number of hydrogen-bond acceptors (Lipinski definition) is 6. The molecule has 0 saturated carbocycles. The summed E-state index contributed by atoms with van der Waals surface area (Å²) in [6.45, 7) is -0.723. The number of aliphatic carboxylic acids is 1. The van der Waals surface area contributed by atoms with Gasteiger partial charge in [0.2, 0.25) is 11.8 Å². The number of ether oxygens (including phenoxy) is 1. The lowest BCUT2D eigenvalue weighted by Gasteiger charge is -2.16. The molecule has 1 fully saturated rings. The molecule has 2 N–H and O–H groups in total. The maximum atomic E-state index is 11.7. The number of carboxylic acid groups (broad SMARTS) is 1. The number of nitrogens with zero attached hydrogens (tertiary/aromatic N) is 1. The third-order valence-electron chi connectivity index (χ3n) is 2.30. The number of esters is 1. The van der Waals surface area contributed by atoms with E-state index < -0.39 is 42.5 Å². The zero-order valence-corrected chi connectivity index (χ0v) is 10.00. The van der Waals surface area contributed by atoms with E-state index in [9.17, 15) is 19.2 Å².